The lowest BCUT2D eigenvalue weighted by atomic mass is 10.2. The number of aromatic nitrogens is 2. The van der Waals surface area contributed by atoms with Gasteiger partial charge in [0.25, 0.3) is 11.5 Å². The maximum absolute atomic E-state index is 13.5. The third-order valence-corrected chi connectivity index (χ3v) is 4.94. The minimum Gasteiger partial charge on any atom is -0.493 e. The standard InChI is InChI=1S/C23H16FN3O3S/c24-15-8-7-9-16(14-15)25-20(28)19-21(29)26(17-10-3-1-4-11-17)23(31)27(22(19)30)18-12-5-2-6-13-18/h1-14,29H,(H,25,28). The van der Waals surface area contributed by atoms with Crippen molar-refractivity contribution in [3.05, 3.63) is 111 Å². The molecular weight excluding hydrogens is 417 g/mol. The summed E-state index contributed by atoms with van der Waals surface area (Å²) in [5.74, 6) is -2.05. The van der Waals surface area contributed by atoms with Crippen LogP contribution in [-0.4, -0.2) is 20.1 Å². The van der Waals surface area contributed by atoms with E-state index in [1.807, 2.05) is 0 Å². The number of rotatable bonds is 4. The molecule has 0 saturated carbocycles. The van der Waals surface area contributed by atoms with Crippen LogP contribution in [0.15, 0.2) is 89.7 Å². The van der Waals surface area contributed by atoms with Gasteiger partial charge in [-0.25, -0.2) is 4.39 Å². The summed E-state index contributed by atoms with van der Waals surface area (Å²) >= 11 is 5.51. The molecule has 8 heteroatoms. The first-order valence-electron chi connectivity index (χ1n) is 9.26. The molecule has 3 aromatic carbocycles. The predicted molar refractivity (Wildman–Crippen MR) is 118 cm³/mol. The van der Waals surface area contributed by atoms with Crippen LogP contribution in [0, 0.1) is 10.6 Å². The minimum atomic E-state index is -0.891. The van der Waals surface area contributed by atoms with Crippen molar-refractivity contribution >= 4 is 23.8 Å². The van der Waals surface area contributed by atoms with Gasteiger partial charge in [0.05, 0.1) is 11.4 Å². The van der Waals surface area contributed by atoms with Crippen molar-refractivity contribution in [2.75, 3.05) is 5.32 Å². The van der Waals surface area contributed by atoms with E-state index in [0.717, 1.165) is 6.07 Å². The Morgan fingerprint density at radius 2 is 1.45 bits per heavy atom. The number of para-hydroxylation sites is 2. The minimum absolute atomic E-state index is 0.0118. The Hall–Kier alpha value is -4.04. The van der Waals surface area contributed by atoms with Crippen LogP contribution in [0.5, 0.6) is 5.88 Å². The van der Waals surface area contributed by atoms with E-state index in [0.29, 0.717) is 11.4 Å². The number of benzene rings is 3. The summed E-state index contributed by atoms with van der Waals surface area (Å²) in [7, 11) is 0. The van der Waals surface area contributed by atoms with Crippen molar-refractivity contribution < 1.29 is 14.3 Å². The monoisotopic (exact) mass is 433 g/mol. The van der Waals surface area contributed by atoms with Gasteiger partial charge in [-0.05, 0) is 54.7 Å². The van der Waals surface area contributed by atoms with E-state index in [4.69, 9.17) is 12.2 Å². The van der Waals surface area contributed by atoms with Crippen molar-refractivity contribution in [3.63, 3.8) is 0 Å². The van der Waals surface area contributed by atoms with E-state index < -0.39 is 28.7 Å². The van der Waals surface area contributed by atoms with E-state index in [1.165, 1.54) is 27.3 Å². The number of anilines is 1. The Labute approximate surface area is 181 Å². The van der Waals surface area contributed by atoms with Crippen LogP contribution in [0.3, 0.4) is 0 Å². The Morgan fingerprint density at radius 1 is 0.871 bits per heavy atom. The van der Waals surface area contributed by atoms with Crippen molar-refractivity contribution in [3.8, 4) is 17.3 Å². The summed E-state index contributed by atoms with van der Waals surface area (Å²) in [6, 6.07) is 22.4. The summed E-state index contributed by atoms with van der Waals surface area (Å²) in [6.07, 6.45) is 0. The summed E-state index contributed by atoms with van der Waals surface area (Å²) < 4.78 is 15.9. The van der Waals surface area contributed by atoms with Crippen LogP contribution in [0.2, 0.25) is 0 Å². The molecule has 1 amide bonds. The number of hydrogen-bond donors (Lipinski definition) is 2. The third kappa shape index (κ3) is 3.88. The van der Waals surface area contributed by atoms with Crippen LogP contribution < -0.4 is 10.9 Å². The number of aromatic hydroxyl groups is 1. The summed E-state index contributed by atoms with van der Waals surface area (Å²) in [5.41, 5.74) is -0.277. The van der Waals surface area contributed by atoms with Gasteiger partial charge in [-0.2, -0.15) is 0 Å². The van der Waals surface area contributed by atoms with Gasteiger partial charge in [-0.15, -0.1) is 0 Å². The number of carbonyl (C=O) groups is 1. The molecule has 0 atom stereocenters. The van der Waals surface area contributed by atoms with Crippen molar-refractivity contribution in [1.29, 1.82) is 0 Å². The molecule has 0 unspecified atom stereocenters. The molecule has 0 aliphatic rings. The smallest absolute Gasteiger partial charge is 0.275 e. The second kappa shape index (κ2) is 8.37. The Bertz CT molecular complexity index is 1380. The summed E-state index contributed by atoms with van der Waals surface area (Å²) in [4.78, 5) is 26.3. The van der Waals surface area contributed by atoms with E-state index in [2.05, 4.69) is 5.32 Å². The Kier molecular flexibility index (Phi) is 5.46. The average molecular weight is 433 g/mol. The molecular formula is C23H16FN3O3S. The van der Waals surface area contributed by atoms with Gasteiger partial charge in [-0.1, -0.05) is 42.5 Å². The normalized spacial score (nSPS) is 10.6. The summed E-state index contributed by atoms with van der Waals surface area (Å²) in [5, 5.41) is 13.4. The van der Waals surface area contributed by atoms with Crippen LogP contribution in [0.1, 0.15) is 10.4 Å². The molecule has 0 bridgehead atoms. The van der Waals surface area contributed by atoms with E-state index >= 15 is 0 Å². The van der Waals surface area contributed by atoms with Crippen LogP contribution >= 0.6 is 12.2 Å². The molecule has 154 valence electrons. The van der Waals surface area contributed by atoms with Crippen LogP contribution in [0.4, 0.5) is 10.1 Å². The van der Waals surface area contributed by atoms with Crippen LogP contribution in [-0.2, 0) is 0 Å². The first-order chi connectivity index (χ1) is 15.0. The number of nitrogens with zero attached hydrogens (tertiary/aromatic N) is 2. The first kappa shape index (κ1) is 20.2. The van der Waals surface area contributed by atoms with Crippen LogP contribution in [0.25, 0.3) is 11.4 Å². The Morgan fingerprint density at radius 3 is 2.03 bits per heavy atom. The highest BCUT2D eigenvalue weighted by atomic mass is 32.1. The number of amides is 1. The van der Waals surface area contributed by atoms with Gasteiger partial charge < -0.3 is 10.4 Å². The number of nitrogens with one attached hydrogen (secondary N) is 1. The highest BCUT2D eigenvalue weighted by Crippen LogP contribution is 2.23. The van der Waals surface area contributed by atoms with Gasteiger partial charge in [-0.3, -0.25) is 18.7 Å². The lowest BCUT2D eigenvalue weighted by molar-refractivity contribution is 0.102. The molecule has 2 N–H and O–H groups in total. The second-order valence-electron chi connectivity index (χ2n) is 6.59. The quantitative estimate of drug-likeness (QED) is 0.466. The highest BCUT2D eigenvalue weighted by molar-refractivity contribution is 7.71. The zero-order valence-electron chi connectivity index (χ0n) is 16.0. The van der Waals surface area contributed by atoms with E-state index in [-0.39, 0.29) is 10.5 Å². The molecule has 0 saturated heterocycles. The molecule has 4 rings (SSSR count). The first-order valence-corrected chi connectivity index (χ1v) is 9.67. The van der Waals surface area contributed by atoms with Gasteiger partial charge in [0.2, 0.25) is 5.88 Å². The highest BCUT2D eigenvalue weighted by Gasteiger charge is 2.24. The third-order valence-electron chi connectivity index (χ3n) is 4.57. The topological polar surface area (TPSA) is 76.3 Å². The number of hydrogen-bond acceptors (Lipinski definition) is 4. The largest absolute Gasteiger partial charge is 0.493 e. The zero-order valence-corrected chi connectivity index (χ0v) is 16.8. The number of carbonyl (C=O) groups excluding carboxylic acids is 1. The van der Waals surface area contributed by atoms with Crippen molar-refractivity contribution in [1.82, 2.24) is 9.13 Å². The van der Waals surface area contributed by atoms with Crippen molar-refractivity contribution in [2.24, 2.45) is 0 Å². The van der Waals surface area contributed by atoms with E-state index in [1.54, 1.807) is 60.7 Å². The maximum atomic E-state index is 13.5. The fraction of sp³-hybridized carbons (Fsp3) is 0. The molecule has 0 spiro atoms. The second-order valence-corrected chi connectivity index (χ2v) is 6.96. The zero-order chi connectivity index (χ0) is 22.0. The molecule has 31 heavy (non-hydrogen) atoms. The fourth-order valence-electron chi connectivity index (χ4n) is 3.17. The van der Waals surface area contributed by atoms with Gasteiger partial charge in [0.15, 0.2) is 10.3 Å². The Balaban J connectivity index is 1.97. The SMILES string of the molecule is O=C(Nc1cccc(F)c1)c1c(O)n(-c2ccccc2)c(=S)n(-c2ccccc2)c1=O. The predicted octanol–water partition coefficient (Wildman–Crippen LogP) is 4.45. The molecule has 1 heterocycles. The molecule has 0 aliphatic carbocycles. The van der Waals surface area contributed by atoms with Gasteiger partial charge in [0, 0.05) is 5.69 Å². The van der Waals surface area contributed by atoms with Crippen molar-refractivity contribution in [2.45, 2.75) is 0 Å². The molecule has 0 aliphatic heterocycles. The molecule has 1 aromatic heterocycles. The lowest BCUT2D eigenvalue weighted by Gasteiger charge is -2.17. The molecule has 4 aromatic rings. The average Bonchev–Trinajstić information content (AvgIpc) is 2.75. The molecule has 0 fully saturated rings. The van der Waals surface area contributed by atoms with Gasteiger partial charge in [0.1, 0.15) is 5.82 Å². The molecule has 6 nitrogen and oxygen atoms in total. The fourth-order valence-corrected chi connectivity index (χ4v) is 3.55. The summed E-state index contributed by atoms with van der Waals surface area (Å²) in [6.45, 7) is 0. The van der Waals surface area contributed by atoms with Gasteiger partial charge >= 0.3 is 0 Å². The maximum Gasteiger partial charge on any atom is 0.275 e. The number of halogens is 1. The van der Waals surface area contributed by atoms with E-state index in [9.17, 15) is 19.1 Å². The lowest BCUT2D eigenvalue weighted by Crippen LogP contribution is -2.32. The molecule has 0 radical (unpaired) electrons.